The van der Waals surface area contributed by atoms with E-state index in [-0.39, 0.29) is 30.9 Å². The van der Waals surface area contributed by atoms with Gasteiger partial charge in [-0.25, -0.2) is 13.9 Å². The molecule has 0 aliphatic heterocycles. The van der Waals surface area contributed by atoms with Gasteiger partial charge in [-0.3, -0.25) is 4.79 Å². The monoisotopic (exact) mass is 426 g/mol. The summed E-state index contributed by atoms with van der Waals surface area (Å²) in [7, 11) is 0. The molecule has 0 bridgehead atoms. The molecule has 0 saturated heterocycles. The molecule has 1 atom stereocenters. The van der Waals surface area contributed by atoms with Gasteiger partial charge in [-0.05, 0) is 24.6 Å². The first-order chi connectivity index (χ1) is 14.2. The minimum absolute atomic E-state index is 0.00317. The standard InChI is InChI=1S/C19H18F4N4O3/c1-11-7-25-17-14(8-26-27(17)9-11)18(29)24-4-5-30-10-16(28)13-3-2-12(6-15(13)20)19(21,22)23/h2-3,6-9,16,28H,4-5,10H2,1H3,(H,24,29)/t16-/m1/s1. The van der Waals surface area contributed by atoms with Crippen molar-refractivity contribution in [1.82, 2.24) is 19.9 Å². The summed E-state index contributed by atoms with van der Waals surface area (Å²) in [5.41, 5.74) is 0.111. The molecule has 160 valence electrons. The van der Waals surface area contributed by atoms with Gasteiger partial charge in [0.2, 0.25) is 0 Å². The number of rotatable bonds is 7. The first-order valence-corrected chi connectivity index (χ1v) is 8.87. The second-order valence-electron chi connectivity index (χ2n) is 6.54. The van der Waals surface area contributed by atoms with Crippen molar-refractivity contribution in [2.24, 2.45) is 0 Å². The predicted octanol–water partition coefficient (Wildman–Crippen LogP) is 2.68. The van der Waals surface area contributed by atoms with Crippen molar-refractivity contribution in [3.63, 3.8) is 0 Å². The lowest BCUT2D eigenvalue weighted by Gasteiger charge is -2.14. The molecule has 0 radical (unpaired) electrons. The SMILES string of the molecule is Cc1cnc2c(C(=O)NCCOC[C@@H](O)c3ccc(C(F)(F)F)cc3F)cnn2c1. The first kappa shape index (κ1) is 21.7. The number of carbonyl (C=O) groups excluding carboxylic acids is 1. The second-order valence-corrected chi connectivity index (χ2v) is 6.54. The van der Waals surface area contributed by atoms with Crippen molar-refractivity contribution in [2.75, 3.05) is 19.8 Å². The Morgan fingerprint density at radius 3 is 2.80 bits per heavy atom. The van der Waals surface area contributed by atoms with Crippen LogP contribution in [0.4, 0.5) is 17.6 Å². The van der Waals surface area contributed by atoms with Gasteiger partial charge in [0.05, 0.1) is 25.0 Å². The second kappa shape index (κ2) is 8.76. The number of benzene rings is 1. The Hall–Kier alpha value is -3.05. The molecule has 0 spiro atoms. The Morgan fingerprint density at radius 2 is 2.10 bits per heavy atom. The predicted molar refractivity (Wildman–Crippen MR) is 97.2 cm³/mol. The molecule has 2 aromatic heterocycles. The Balaban J connectivity index is 1.47. The minimum Gasteiger partial charge on any atom is -0.386 e. The van der Waals surface area contributed by atoms with Gasteiger partial charge >= 0.3 is 6.18 Å². The Labute approximate surface area is 168 Å². The lowest BCUT2D eigenvalue weighted by molar-refractivity contribution is -0.137. The molecule has 0 aliphatic carbocycles. The van der Waals surface area contributed by atoms with E-state index < -0.39 is 29.6 Å². The van der Waals surface area contributed by atoms with Gasteiger partial charge < -0.3 is 15.2 Å². The lowest BCUT2D eigenvalue weighted by Crippen LogP contribution is -2.27. The summed E-state index contributed by atoms with van der Waals surface area (Å²) >= 11 is 0. The topological polar surface area (TPSA) is 88.8 Å². The number of nitrogens with zero attached hydrogens (tertiary/aromatic N) is 3. The van der Waals surface area contributed by atoms with Crippen molar-refractivity contribution in [1.29, 1.82) is 0 Å². The van der Waals surface area contributed by atoms with E-state index in [2.05, 4.69) is 15.4 Å². The van der Waals surface area contributed by atoms with E-state index in [4.69, 9.17) is 4.74 Å². The molecular formula is C19H18F4N4O3. The van der Waals surface area contributed by atoms with Crippen molar-refractivity contribution in [2.45, 2.75) is 19.2 Å². The maximum absolute atomic E-state index is 13.8. The molecule has 7 nitrogen and oxygen atoms in total. The third kappa shape index (κ3) is 4.92. The lowest BCUT2D eigenvalue weighted by atomic mass is 10.1. The highest BCUT2D eigenvalue weighted by atomic mass is 19.4. The summed E-state index contributed by atoms with van der Waals surface area (Å²) in [6.07, 6.45) is -1.40. The molecule has 3 aromatic rings. The number of aliphatic hydroxyl groups excluding tert-OH is 1. The van der Waals surface area contributed by atoms with Crippen LogP contribution in [0.25, 0.3) is 5.65 Å². The summed E-state index contributed by atoms with van der Waals surface area (Å²) in [4.78, 5) is 16.4. The van der Waals surface area contributed by atoms with E-state index in [0.717, 1.165) is 11.6 Å². The average molecular weight is 426 g/mol. The summed E-state index contributed by atoms with van der Waals surface area (Å²) in [5, 5.41) is 16.6. The molecule has 0 fully saturated rings. The molecule has 2 heterocycles. The van der Waals surface area contributed by atoms with E-state index in [1.807, 2.05) is 6.92 Å². The van der Waals surface area contributed by atoms with E-state index >= 15 is 0 Å². The number of halogens is 4. The fourth-order valence-corrected chi connectivity index (χ4v) is 2.72. The number of alkyl halides is 3. The zero-order valence-electron chi connectivity index (χ0n) is 15.8. The van der Waals surface area contributed by atoms with Crippen LogP contribution in [-0.4, -0.2) is 45.4 Å². The van der Waals surface area contributed by atoms with Crippen LogP contribution < -0.4 is 5.32 Å². The van der Waals surface area contributed by atoms with Crippen LogP contribution in [0, 0.1) is 12.7 Å². The Kier molecular flexibility index (Phi) is 6.32. The van der Waals surface area contributed by atoms with Crippen LogP contribution in [0.1, 0.15) is 33.2 Å². The number of aliphatic hydroxyl groups is 1. The van der Waals surface area contributed by atoms with Crippen molar-refractivity contribution in [3.05, 3.63) is 64.9 Å². The maximum Gasteiger partial charge on any atom is 0.416 e. The maximum atomic E-state index is 13.8. The van der Waals surface area contributed by atoms with E-state index in [1.165, 1.54) is 10.7 Å². The average Bonchev–Trinajstić information content (AvgIpc) is 3.09. The van der Waals surface area contributed by atoms with Crippen LogP contribution in [0.3, 0.4) is 0 Å². The van der Waals surface area contributed by atoms with E-state index in [0.29, 0.717) is 17.8 Å². The number of ether oxygens (including phenoxy) is 1. The van der Waals surface area contributed by atoms with Gasteiger partial charge in [0.1, 0.15) is 17.5 Å². The zero-order valence-corrected chi connectivity index (χ0v) is 15.8. The quantitative estimate of drug-likeness (QED) is 0.448. The van der Waals surface area contributed by atoms with Gasteiger partial charge in [0, 0.05) is 24.5 Å². The van der Waals surface area contributed by atoms with Crippen molar-refractivity contribution in [3.8, 4) is 0 Å². The molecule has 0 unspecified atom stereocenters. The number of amides is 1. The Bertz CT molecular complexity index is 1050. The minimum atomic E-state index is -4.67. The highest BCUT2D eigenvalue weighted by Gasteiger charge is 2.31. The molecule has 0 aliphatic rings. The number of carbonyl (C=O) groups is 1. The number of fused-ring (bicyclic) bond motifs is 1. The zero-order chi connectivity index (χ0) is 21.9. The fourth-order valence-electron chi connectivity index (χ4n) is 2.72. The van der Waals surface area contributed by atoms with Gasteiger partial charge in [0.15, 0.2) is 5.65 Å². The van der Waals surface area contributed by atoms with Crippen LogP contribution in [0.15, 0.2) is 36.8 Å². The van der Waals surface area contributed by atoms with Gasteiger partial charge in [-0.2, -0.15) is 18.3 Å². The molecule has 11 heteroatoms. The van der Waals surface area contributed by atoms with Crippen LogP contribution >= 0.6 is 0 Å². The first-order valence-electron chi connectivity index (χ1n) is 8.87. The smallest absolute Gasteiger partial charge is 0.386 e. The van der Waals surface area contributed by atoms with Gasteiger partial charge in [0.25, 0.3) is 5.91 Å². The molecule has 0 saturated carbocycles. The van der Waals surface area contributed by atoms with Crippen LogP contribution in [0.2, 0.25) is 0 Å². The fraction of sp³-hybridized carbons (Fsp3) is 0.316. The molecule has 2 N–H and O–H groups in total. The number of hydrogen-bond donors (Lipinski definition) is 2. The third-order valence-corrected chi connectivity index (χ3v) is 4.22. The molecular weight excluding hydrogens is 408 g/mol. The van der Waals surface area contributed by atoms with Crippen LogP contribution in [0.5, 0.6) is 0 Å². The normalized spacial score (nSPS) is 12.9. The highest BCUT2D eigenvalue weighted by molar-refractivity contribution is 5.99. The summed E-state index contributed by atoms with van der Waals surface area (Å²) in [6.45, 7) is 1.58. The number of aryl methyl sites for hydroxylation is 1. The highest BCUT2D eigenvalue weighted by Crippen LogP contribution is 2.31. The van der Waals surface area contributed by atoms with Crippen molar-refractivity contribution < 1.29 is 32.2 Å². The largest absolute Gasteiger partial charge is 0.416 e. The van der Waals surface area contributed by atoms with Gasteiger partial charge in [-0.15, -0.1) is 0 Å². The molecule has 1 aromatic carbocycles. The van der Waals surface area contributed by atoms with Gasteiger partial charge in [-0.1, -0.05) is 6.07 Å². The summed E-state index contributed by atoms with van der Waals surface area (Å²) in [6, 6.07) is 1.88. The van der Waals surface area contributed by atoms with E-state index in [1.54, 1.807) is 12.4 Å². The van der Waals surface area contributed by atoms with Crippen LogP contribution in [-0.2, 0) is 10.9 Å². The summed E-state index contributed by atoms with van der Waals surface area (Å²) < 4.78 is 58.2. The van der Waals surface area contributed by atoms with E-state index in [9.17, 15) is 27.5 Å². The number of nitrogens with one attached hydrogen (secondary N) is 1. The number of hydrogen-bond acceptors (Lipinski definition) is 5. The Morgan fingerprint density at radius 1 is 1.33 bits per heavy atom. The molecule has 3 rings (SSSR count). The molecule has 30 heavy (non-hydrogen) atoms. The number of aromatic nitrogens is 3. The third-order valence-electron chi connectivity index (χ3n) is 4.22. The molecule has 1 amide bonds. The van der Waals surface area contributed by atoms with Crippen molar-refractivity contribution >= 4 is 11.6 Å². The summed E-state index contributed by atoms with van der Waals surface area (Å²) in [5.74, 6) is -1.59.